The summed E-state index contributed by atoms with van der Waals surface area (Å²) in [6, 6.07) is 11.4. The van der Waals surface area contributed by atoms with Crippen molar-refractivity contribution >= 4 is 14.0 Å². The monoisotopic (exact) mass is 250 g/mol. The zero-order valence-electron chi connectivity index (χ0n) is 11.2. The molecule has 0 unspecified atom stereocenters. The minimum absolute atomic E-state index is 0.0416. The van der Waals surface area contributed by atoms with Crippen LogP contribution >= 0.6 is 0 Å². The zero-order valence-corrected chi connectivity index (χ0v) is 12.2. The van der Waals surface area contributed by atoms with E-state index in [1.165, 1.54) is 5.56 Å². The lowest BCUT2D eigenvalue weighted by Gasteiger charge is -2.28. The number of carbonyl (C=O) groups is 1. The van der Waals surface area contributed by atoms with Crippen LogP contribution in [-0.2, 0) is 15.6 Å². The first-order valence-electron chi connectivity index (χ1n) is 6.18. The van der Waals surface area contributed by atoms with Crippen molar-refractivity contribution in [3.05, 3.63) is 35.9 Å². The molecule has 0 amide bonds. The molecule has 0 saturated carbocycles. The van der Waals surface area contributed by atoms with Crippen LogP contribution in [-0.4, -0.2) is 20.7 Å². The summed E-state index contributed by atoms with van der Waals surface area (Å²) in [6.07, 6.45) is 0. The van der Waals surface area contributed by atoms with Crippen molar-refractivity contribution in [2.75, 3.05) is 6.61 Å². The first-order valence-corrected chi connectivity index (χ1v) is 9.46. The highest BCUT2D eigenvalue weighted by atomic mass is 28.3. The highest BCUT2D eigenvalue weighted by molar-refractivity contribution is 6.80. The number of esters is 1. The van der Waals surface area contributed by atoms with E-state index in [1.807, 2.05) is 19.9 Å². The van der Waals surface area contributed by atoms with Gasteiger partial charge in [-0.2, -0.15) is 0 Å². The molecule has 0 N–H and O–H groups in total. The summed E-state index contributed by atoms with van der Waals surface area (Å²) in [5.74, 6) is -0.0416. The highest BCUT2D eigenvalue weighted by Gasteiger charge is 2.34. The fourth-order valence-electron chi connectivity index (χ4n) is 1.86. The molecule has 0 aliphatic rings. The third-order valence-corrected chi connectivity index (χ3v) is 7.21. The molecule has 17 heavy (non-hydrogen) atoms. The SMILES string of the molecule is CCOC(=O)[C@H](C)[Si](C)(C)Cc1ccccc1. The van der Waals surface area contributed by atoms with Crippen molar-refractivity contribution in [3.63, 3.8) is 0 Å². The van der Waals surface area contributed by atoms with E-state index in [0.29, 0.717) is 6.61 Å². The van der Waals surface area contributed by atoms with Crippen molar-refractivity contribution < 1.29 is 9.53 Å². The van der Waals surface area contributed by atoms with E-state index in [2.05, 4.69) is 37.4 Å². The summed E-state index contributed by atoms with van der Waals surface area (Å²) in [6.45, 7) is 8.84. The van der Waals surface area contributed by atoms with Crippen molar-refractivity contribution in [2.45, 2.75) is 38.5 Å². The maximum Gasteiger partial charge on any atom is 0.305 e. The van der Waals surface area contributed by atoms with Crippen molar-refractivity contribution in [1.29, 1.82) is 0 Å². The minimum Gasteiger partial charge on any atom is -0.466 e. The largest absolute Gasteiger partial charge is 0.466 e. The summed E-state index contributed by atoms with van der Waals surface area (Å²) < 4.78 is 5.12. The van der Waals surface area contributed by atoms with Gasteiger partial charge in [-0.15, -0.1) is 0 Å². The molecule has 0 heterocycles. The number of benzene rings is 1. The van der Waals surface area contributed by atoms with Crippen molar-refractivity contribution in [3.8, 4) is 0 Å². The zero-order chi connectivity index (χ0) is 12.9. The van der Waals surface area contributed by atoms with E-state index in [9.17, 15) is 4.79 Å². The lowest BCUT2D eigenvalue weighted by molar-refractivity contribution is -0.142. The maximum atomic E-state index is 11.8. The third kappa shape index (κ3) is 4.00. The average molecular weight is 250 g/mol. The topological polar surface area (TPSA) is 26.3 Å². The molecule has 3 heteroatoms. The number of carbonyl (C=O) groups excluding carboxylic acids is 1. The van der Waals surface area contributed by atoms with Gasteiger partial charge < -0.3 is 4.74 Å². The van der Waals surface area contributed by atoms with Crippen LogP contribution in [0.3, 0.4) is 0 Å². The van der Waals surface area contributed by atoms with Crippen LogP contribution in [0.4, 0.5) is 0 Å². The van der Waals surface area contributed by atoms with Gasteiger partial charge in [0, 0.05) is 5.54 Å². The summed E-state index contributed by atoms with van der Waals surface area (Å²) in [7, 11) is -1.62. The number of rotatable bonds is 5. The van der Waals surface area contributed by atoms with Gasteiger partial charge in [-0.25, -0.2) is 0 Å². The van der Waals surface area contributed by atoms with Gasteiger partial charge in [0.05, 0.1) is 14.7 Å². The van der Waals surface area contributed by atoms with Gasteiger partial charge in [-0.3, -0.25) is 4.79 Å². The van der Waals surface area contributed by atoms with Crippen LogP contribution in [0.5, 0.6) is 0 Å². The quantitative estimate of drug-likeness (QED) is 0.591. The molecule has 1 aromatic rings. The van der Waals surface area contributed by atoms with E-state index in [0.717, 1.165) is 6.04 Å². The second kappa shape index (κ2) is 6.01. The molecule has 1 atom stereocenters. The lowest BCUT2D eigenvalue weighted by Crippen LogP contribution is -2.39. The van der Waals surface area contributed by atoms with E-state index < -0.39 is 8.07 Å². The van der Waals surface area contributed by atoms with Crippen LogP contribution in [0, 0.1) is 0 Å². The standard InChI is InChI=1S/C14H22O2Si/c1-5-16-14(15)12(2)17(3,4)11-13-9-7-6-8-10-13/h6-10,12H,5,11H2,1-4H3/t12-/m0/s1. The molecule has 0 radical (unpaired) electrons. The molecule has 0 bridgehead atoms. The Morgan fingerprint density at radius 1 is 1.29 bits per heavy atom. The molecule has 94 valence electrons. The summed E-state index contributed by atoms with van der Waals surface area (Å²) in [5.41, 5.74) is 1.36. The van der Waals surface area contributed by atoms with E-state index >= 15 is 0 Å². The van der Waals surface area contributed by atoms with Crippen molar-refractivity contribution in [1.82, 2.24) is 0 Å². The van der Waals surface area contributed by atoms with Crippen LogP contribution in [0.2, 0.25) is 18.6 Å². The molecule has 0 aliphatic carbocycles. The fraction of sp³-hybridized carbons (Fsp3) is 0.500. The molecule has 0 saturated heterocycles. The van der Waals surface area contributed by atoms with E-state index in [1.54, 1.807) is 0 Å². The lowest BCUT2D eigenvalue weighted by atomic mass is 10.2. The van der Waals surface area contributed by atoms with Crippen LogP contribution in [0.25, 0.3) is 0 Å². The Balaban J connectivity index is 2.71. The van der Waals surface area contributed by atoms with Gasteiger partial charge in [0.25, 0.3) is 0 Å². The van der Waals surface area contributed by atoms with Gasteiger partial charge in [0.2, 0.25) is 0 Å². The summed E-state index contributed by atoms with van der Waals surface area (Å²) in [5, 5.41) is 0. The van der Waals surface area contributed by atoms with Gasteiger partial charge in [0.1, 0.15) is 0 Å². The van der Waals surface area contributed by atoms with Crippen LogP contribution in [0.1, 0.15) is 19.4 Å². The van der Waals surface area contributed by atoms with Gasteiger partial charge >= 0.3 is 5.97 Å². The number of ether oxygens (including phenoxy) is 1. The third-order valence-electron chi connectivity index (χ3n) is 3.31. The van der Waals surface area contributed by atoms with E-state index in [4.69, 9.17) is 4.74 Å². The molecular weight excluding hydrogens is 228 g/mol. The van der Waals surface area contributed by atoms with E-state index in [-0.39, 0.29) is 11.5 Å². The molecule has 0 aliphatic heterocycles. The second-order valence-corrected chi connectivity index (χ2v) is 10.3. The Morgan fingerprint density at radius 2 is 1.88 bits per heavy atom. The molecule has 0 aromatic heterocycles. The second-order valence-electron chi connectivity index (χ2n) is 5.12. The maximum absolute atomic E-state index is 11.8. The number of hydrogen-bond acceptors (Lipinski definition) is 2. The van der Waals surface area contributed by atoms with Gasteiger partial charge in [0.15, 0.2) is 0 Å². The van der Waals surface area contributed by atoms with Crippen LogP contribution < -0.4 is 0 Å². The first-order chi connectivity index (χ1) is 7.97. The minimum atomic E-state index is -1.62. The number of hydrogen-bond donors (Lipinski definition) is 0. The van der Waals surface area contributed by atoms with Gasteiger partial charge in [-0.1, -0.05) is 55.9 Å². The predicted octanol–water partition coefficient (Wildman–Crippen LogP) is 3.43. The Bertz CT molecular complexity index is 360. The first kappa shape index (κ1) is 14.0. The molecule has 1 rings (SSSR count). The normalized spacial score (nSPS) is 13.2. The fourth-order valence-corrected chi connectivity index (χ4v) is 4.18. The van der Waals surface area contributed by atoms with Gasteiger partial charge in [-0.05, 0) is 13.0 Å². The van der Waals surface area contributed by atoms with Crippen molar-refractivity contribution in [2.24, 2.45) is 0 Å². The Morgan fingerprint density at radius 3 is 2.41 bits per heavy atom. The molecule has 0 fully saturated rings. The highest BCUT2D eigenvalue weighted by Crippen LogP contribution is 2.26. The Kier molecular flexibility index (Phi) is 4.94. The smallest absolute Gasteiger partial charge is 0.305 e. The molecule has 1 aromatic carbocycles. The molecule has 2 nitrogen and oxygen atoms in total. The Labute approximate surface area is 105 Å². The predicted molar refractivity (Wildman–Crippen MR) is 73.7 cm³/mol. The Hall–Kier alpha value is -1.09. The molecular formula is C14H22O2Si. The molecule has 0 spiro atoms. The van der Waals surface area contributed by atoms with Crippen LogP contribution in [0.15, 0.2) is 30.3 Å². The summed E-state index contributed by atoms with van der Waals surface area (Å²) in [4.78, 5) is 11.8. The summed E-state index contributed by atoms with van der Waals surface area (Å²) >= 11 is 0. The average Bonchev–Trinajstić information content (AvgIpc) is 2.29.